The molecule has 0 radical (unpaired) electrons. The number of carbonyl (C=O) groups excluding carboxylic acids is 1. The van der Waals surface area contributed by atoms with Crippen LogP contribution in [-0.4, -0.2) is 22.6 Å². The third-order valence-electron chi connectivity index (χ3n) is 2.21. The van der Waals surface area contributed by atoms with E-state index < -0.39 is 17.5 Å². The number of nitrogens with one attached hydrogen (secondary N) is 2. The van der Waals surface area contributed by atoms with E-state index in [0.29, 0.717) is 4.47 Å². The molecule has 0 bridgehead atoms. The zero-order valence-corrected chi connectivity index (χ0v) is 13.2. The molecule has 0 saturated carbocycles. The Balaban J connectivity index is 2.87. The summed E-state index contributed by atoms with van der Waals surface area (Å²) < 4.78 is 0.666. The van der Waals surface area contributed by atoms with Gasteiger partial charge in [-0.1, -0.05) is 39.1 Å². The Kier molecular flexibility index (Phi) is 5.06. The minimum Gasteiger partial charge on any atom is -0.480 e. The molecule has 104 valence electrons. The lowest BCUT2D eigenvalue weighted by atomic mass is 10.1. The molecular weight excluding hydrogens is 359 g/mol. The molecule has 2 amide bonds. The van der Waals surface area contributed by atoms with E-state index in [1.54, 1.807) is 12.1 Å². The molecule has 1 aromatic rings. The van der Waals surface area contributed by atoms with Crippen LogP contribution in [0.25, 0.3) is 0 Å². The highest BCUT2D eigenvalue weighted by Crippen LogP contribution is 2.33. The number of carboxylic acids is 1. The first-order valence-electron chi connectivity index (χ1n) is 5.10. The van der Waals surface area contributed by atoms with E-state index >= 15 is 0 Å². The second kappa shape index (κ2) is 5.98. The number of carbonyl (C=O) groups is 2. The summed E-state index contributed by atoms with van der Waals surface area (Å²) in [5.74, 6) is -1.16. The predicted molar refractivity (Wildman–Crippen MR) is 78.0 cm³/mol. The smallest absolute Gasteiger partial charge is 0.328 e. The van der Waals surface area contributed by atoms with Crippen molar-refractivity contribution in [2.24, 2.45) is 0 Å². The number of halogens is 3. The highest BCUT2D eigenvalue weighted by atomic mass is 79.9. The highest BCUT2D eigenvalue weighted by Gasteiger charge is 2.29. The number of hydrogen-bond donors (Lipinski definition) is 3. The van der Waals surface area contributed by atoms with Gasteiger partial charge < -0.3 is 15.7 Å². The Morgan fingerprint density at radius 2 is 1.74 bits per heavy atom. The SMILES string of the molecule is CC(C)(NC(=O)Nc1c(Cl)cc(Br)cc1Cl)C(=O)O. The number of rotatable bonds is 3. The van der Waals surface area contributed by atoms with Crippen molar-refractivity contribution in [1.82, 2.24) is 5.32 Å². The van der Waals surface area contributed by atoms with E-state index in [4.69, 9.17) is 28.3 Å². The van der Waals surface area contributed by atoms with Crippen molar-refractivity contribution in [3.63, 3.8) is 0 Å². The number of anilines is 1. The topological polar surface area (TPSA) is 78.4 Å². The quantitative estimate of drug-likeness (QED) is 0.759. The fraction of sp³-hybridized carbons (Fsp3) is 0.273. The largest absolute Gasteiger partial charge is 0.480 e. The van der Waals surface area contributed by atoms with Gasteiger partial charge in [0.2, 0.25) is 0 Å². The van der Waals surface area contributed by atoms with Gasteiger partial charge in [0.25, 0.3) is 0 Å². The van der Waals surface area contributed by atoms with Crippen LogP contribution in [0.2, 0.25) is 10.0 Å². The van der Waals surface area contributed by atoms with Crippen LogP contribution < -0.4 is 10.6 Å². The molecule has 0 unspecified atom stereocenters. The number of carboxylic acid groups (broad SMARTS) is 1. The zero-order chi connectivity index (χ0) is 14.8. The van der Waals surface area contributed by atoms with Gasteiger partial charge in [-0.05, 0) is 26.0 Å². The summed E-state index contributed by atoms with van der Waals surface area (Å²) in [6.07, 6.45) is 0. The highest BCUT2D eigenvalue weighted by molar-refractivity contribution is 9.10. The predicted octanol–water partition coefficient (Wildman–Crippen LogP) is 3.74. The van der Waals surface area contributed by atoms with Crippen LogP contribution in [0.4, 0.5) is 10.5 Å². The molecular formula is C11H11BrCl2N2O3. The number of hydrogen-bond acceptors (Lipinski definition) is 2. The van der Waals surface area contributed by atoms with Crippen molar-refractivity contribution in [3.8, 4) is 0 Å². The Morgan fingerprint density at radius 1 is 1.26 bits per heavy atom. The maximum absolute atomic E-state index is 11.7. The molecule has 8 heteroatoms. The monoisotopic (exact) mass is 368 g/mol. The van der Waals surface area contributed by atoms with E-state index in [1.165, 1.54) is 13.8 Å². The van der Waals surface area contributed by atoms with E-state index in [1.807, 2.05) is 0 Å². The van der Waals surface area contributed by atoms with Gasteiger partial charge in [-0.3, -0.25) is 0 Å². The average Bonchev–Trinajstić information content (AvgIpc) is 2.22. The third kappa shape index (κ3) is 4.26. The minimum atomic E-state index is -1.40. The molecule has 5 nitrogen and oxygen atoms in total. The van der Waals surface area contributed by atoms with Gasteiger partial charge in [-0.15, -0.1) is 0 Å². The second-order valence-corrected chi connectivity index (χ2v) is 5.98. The lowest BCUT2D eigenvalue weighted by molar-refractivity contribution is -0.142. The fourth-order valence-electron chi connectivity index (χ4n) is 1.14. The van der Waals surface area contributed by atoms with Crippen LogP contribution >= 0.6 is 39.1 Å². The first kappa shape index (κ1) is 16.1. The van der Waals surface area contributed by atoms with Crippen molar-refractivity contribution >= 4 is 56.8 Å². The molecule has 1 aromatic carbocycles. The molecule has 0 aliphatic rings. The lowest BCUT2D eigenvalue weighted by Gasteiger charge is -2.21. The number of amides is 2. The summed E-state index contributed by atoms with van der Waals surface area (Å²) in [5, 5.41) is 14.1. The number of urea groups is 1. The van der Waals surface area contributed by atoms with E-state index in [2.05, 4.69) is 26.6 Å². The summed E-state index contributed by atoms with van der Waals surface area (Å²) in [6.45, 7) is 2.72. The Hall–Kier alpha value is -0.980. The van der Waals surface area contributed by atoms with E-state index in [-0.39, 0.29) is 15.7 Å². The Morgan fingerprint density at radius 3 is 2.16 bits per heavy atom. The molecule has 0 atom stereocenters. The van der Waals surface area contributed by atoms with Gasteiger partial charge >= 0.3 is 12.0 Å². The van der Waals surface area contributed by atoms with Crippen LogP contribution in [0.1, 0.15) is 13.8 Å². The van der Waals surface area contributed by atoms with Crippen LogP contribution in [0, 0.1) is 0 Å². The summed E-state index contributed by atoms with van der Waals surface area (Å²) in [7, 11) is 0. The van der Waals surface area contributed by atoms with Gasteiger partial charge in [0, 0.05) is 4.47 Å². The zero-order valence-electron chi connectivity index (χ0n) is 10.1. The molecule has 19 heavy (non-hydrogen) atoms. The van der Waals surface area contributed by atoms with Gasteiger partial charge in [-0.2, -0.15) is 0 Å². The van der Waals surface area contributed by atoms with Crippen LogP contribution in [0.3, 0.4) is 0 Å². The second-order valence-electron chi connectivity index (χ2n) is 4.25. The summed E-state index contributed by atoms with van der Waals surface area (Å²) in [4.78, 5) is 22.6. The number of aliphatic carboxylic acids is 1. The summed E-state index contributed by atoms with van der Waals surface area (Å²) in [6, 6.07) is 2.41. The maximum Gasteiger partial charge on any atom is 0.328 e. The average molecular weight is 370 g/mol. The third-order valence-corrected chi connectivity index (χ3v) is 3.26. The number of benzene rings is 1. The van der Waals surface area contributed by atoms with Crippen molar-refractivity contribution in [2.45, 2.75) is 19.4 Å². The van der Waals surface area contributed by atoms with Gasteiger partial charge in [0.15, 0.2) is 0 Å². The molecule has 0 fully saturated rings. The maximum atomic E-state index is 11.7. The van der Waals surface area contributed by atoms with Gasteiger partial charge in [0.05, 0.1) is 15.7 Å². The first-order chi connectivity index (χ1) is 8.63. The van der Waals surface area contributed by atoms with E-state index in [9.17, 15) is 9.59 Å². The normalized spacial score (nSPS) is 11.0. The van der Waals surface area contributed by atoms with Crippen molar-refractivity contribution < 1.29 is 14.7 Å². The van der Waals surface area contributed by atoms with Crippen molar-refractivity contribution in [2.75, 3.05) is 5.32 Å². The first-order valence-corrected chi connectivity index (χ1v) is 6.65. The van der Waals surface area contributed by atoms with E-state index in [0.717, 1.165) is 0 Å². The Bertz CT molecular complexity index is 512. The molecule has 1 rings (SSSR count). The van der Waals surface area contributed by atoms with Crippen molar-refractivity contribution in [1.29, 1.82) is 0 Å². The molecule has 0 spiro atoms. The summed E-state index contributed by atoms with van der Waals surface area (Å²) in [5.41, 5.74) is -1.19. The molecule has 0 aliphatic heterocycles. The standard InChI is InChI=1S/C11H11BrCl2N2O3/c1-11(2,9(17)18)16-10(19)15-8-6(13)3-5(12)4-7(8)14/h3-4H,1-2H3,(H,17,18)(H2,15,16,19). The lowest BCUT2D eigenvalue weighted by Crippen LogP contribution is -2.51. The van der Waals surface area contributed by atoms with Crippen LogP contribution in [0.5, 0.6) is 0 Å². The van der Waals surface area contributed by atoms with Gasteiger partial charge in [0.1, 0.15) is 5.54 Å². The van der Waals surface area contributed by atoms with Gasteiger partial charge in [-0.25, -0.2) is 9.59 Å². The van der Waals surface area contributed by atoms with Crippen molar-refractivity contribution in [3.05, 3.63) is 26.7 Å². The van der Waals surface area contributed by atoms with Crippen LogP contribution in [-0.2, 0) is 4.79 Å². The summed E-state index contributed by atoms with van der Waals surface area (Å²) >= 11 is 15.1. The molecule has 0 heterocycles. The Labute approximate surface area is 128 Å². The van der Waals surface area contributed by atoms with Crippen LogP contribution in [0.15, 0.2) is 16.6 Å². The molecule has 0 aliphatic carbocycles. The molecule has 0 aromatic heterocycles. The fourth-order valence-corrected chi connectivity index (χ4v) is 2.45. The minimum absolute atomic E-state index is 0.213. The molecule has 0 saturated heterocycles. The molecule has 3 N–H and O–H groups in total.